The van der Waals surface area contributed by atoms with Crippen LogP contribution in [0.1, 0.15) is 30.9 Å². The molecule has 30 heavy (non-hydrogen) atoms. The fourth-order valence-electron chi connectivity index (χ4n) is 4.63. The number of aliphatic hydroxyl groups is 1. The lowest BCUT2D eigenvalue weighted by molar-refractivity contribution is 0.0925. The lowest BCUT2D eigenvalue weighted by Gasteiger charge is -2.21. The first-order valence-electron chi connectivity index (χ1n) is 10.1. The van der Waals surface area contributed by atoms with Gasteiger partial charge < -0.3 is 21.1 Å². The molecule has 1 aliphatic carbocycles. The zero-order valence-electron chi connectivity index (χ0n) is 16.4. The van der Waals surface area contributed by atoms with E-state index in [0.29, 0.717) is 11.3 Å². The van der Waals surface area contributed by atoms with E-state index in [1.165, 1.54) is 12.4 Å². The van der Waals surface area contributed by atoms with E-state index in [1.807, 2.05) is 35.0 Å². The highest BCUT2D eigenvalue weighted by atomic mass is 19.1. The molecule has 0 spiro atoms. The molecule has 0 saturated heterocycles. The van der Waals surface area contributed by atoms with Crippen LogP contribution in [0, 0.1) is 11.7 Å². The molecule has 0 bridgehead atoms. The van der Waals surface area contributed by atoms with Gasteiger partial charge in [-0.15, -0.1) is 0 Å². The van der Waals surface area contributed by atoms with Crippen molar-refractivity contribution in [2.75, 3.05) is 11.5 Å². The molecule has 4 aromatic rings. The van der Waals surface area contributed by atoms with Crippen LogP contribution in [0.15, 0.2) is 42.9 Å². The highest BCUT2D eigenvalue weighted by Gasteiger charge is 2.36. The van der Waals surface area contributed by atoms with E-state index in [0.717, 1.165) is 47.7 Å². The van der Waals surface area contributed by atoms with Gasteiger partial charge in [-0.3, -0.25) is 0 Å². The lowest BCUT2D eigenvalue weighted by atomic mass is 9.95. The normalized spacial score (nSPS) is 21.6. The van der Waals surface area contributed by atoms with E-state index >= 15 is 0 Å². The molecule has 0 amide bonds. The Hall–Kier alpha value is -3.26. The summed E-state index contributed by atoms with van der Waals surface area (Å²) in [7, 11) is 0. The van der Waals surface area contributed by atoms with Gasteiger partial charge in [-0.05, 0) is 55.4 Å². The number of aryl methyl sites for hydroxylation is 1. The zero-order chi connectivity index (χ0) is 20.8. The third-order valence-electron chi connectivity index (χ3n) is 6.27. The molecule has 1 aromatic carbocycles. The van der Waals surface area contributed by atoms with Crippen LogP contribution in [-0.2, 0) is 6.42 Å². The number of hydrogen-bond donors (Lipinski definition) is 3. The molecule has 1 saturated carbocycles. The number of nitrogens with two attached hydrogens (primary N) is 2. The molecule has 5 rings (SSSR count). The van der Waals surface area contributed by atoms with E-state index in [1.54, 1.807) is 0 Å². The number of aliphatic hydroxyl groups excluding tert-OH is 1. The topological polar surface area (TPSA) is 116 Å². The Morgan fingerprint density at radius 1 is 1.10 bits per heavy atom. The van der Waals surface area contributed by atoms with Crippen LogP contribution in [0.2, 0.25) is 0 Å². The molecule has 3 atom stereocenters. The Kier molecular flexibility index (Phi) is 4.51. The van der Waals surface area contributed by atoms with Crippen molar-refractivity contribution in [3.63, 3.8) is 0 Å². The van der Waals surface area contributed by atoms with E-state index in [-0.39, 0.29) is 17.8 Å². The maximum Gasteiger partial charge on any atom is 0.165 e. The number of rotatable bonds is 4. The van der Waals surface area contributed by atoms with Crippen molar-refractivity contribution in [1.29, 1.82) is 0 Å². The second kappa shape index (κ2) is 7.21. The number of anilines is 2. The van der Waals surface area contributed by atoms with Crippen molar-refractivity contribution in [3.8, 4) is 0 Å². The number of aromatic nitrogens is 4. The van der Waals surface area contributed by atoms with Gasteiger partial charge in [0, 0.05) is 11.6 Å². The highest BCUT2D eigenvalue weighted by Crippen LogP contribution is 2.39. The first-order chi connectivity index (χ1) is 14.5. The van der Waals surface area contributed by atoms with Crippen LogP contribution >= 0.6 is 0 Å². The number of nitrogen functional groups attached to an aromatic ring is 2. The Balaban J connectivity index is 1.31. The van der Waals surface area contributed by atoms with Crippen molar-refractivity contribution >= 4 is 33.6 Å². The summed E-state index contributed by atoms with van der Waals surface area (Å²) >= 11 is 0. The predicted molar refractivity (Wildman–Crippen MR) is 114 cm³/mol. The van der Waals surface area contributed by atoms with Crippen LogP contribution in [-0.4, -0.2) is 30.7 Å². The second-order valence-corrected chi connectivity index (χ2v) is 8.04. The average molecular weight is 406 g/mol. The number of pyridine rings is 1. The zero-order valence-corrected chi connectivity index (χ0v) is 16.4. The first-order valence-corrected chi connectivity index (χ1v) is 10.1. The minimum Gasteiger partial charge on any atom is -0.391 e. The number of benzene rings is 1. The van der Waals surface area contributed by atoms with Gasteiger partial charge in [-0.25, -0.2) is 19.3 Å². The molecule has 2 unspecified atom stereocenters. The van der Waals surface area contributed by atoms with Crippen molar-refractivity contribution in [1.82, 2.24) is 19.5 Å². The first kappa shape index (κ1) is 18.7. The summed E-state index contributed by atoms with van der Waals surface area (Å²) in [6.45, 7) is 0. The Labute approximate surface area is 172 Å². The summed E-state index contributed by atoms with van der Waals surface area (Å²) < 4.78 is 15.6. The molecule has 0 radical (unpaired) electrons. The predicted octanol–water partition coefficient (Wildman–Crippen LogP) is 3.23. The SMILES string of the molecule is Nc1nc2cc(CCC3CCC(n4ccc5c(N)ncnc54)[C@H]3O)ccc2cc1F. The van der Waals surface area contributed by atoms with Gasteiger partial charge in [0.2, 0.25) is 0 Å². The Bertz CT molecular complexity index is 1240. The van der Waals surface area contributed by atoms with Crippen LogP contribution in [0.5, 0.6) is 0 Å². The molecule has 8 heteroatoms. The molecule has 7 nitrogen and oxygen atoms in total. The number of hydrogen-bond acceptors (Lipinski definition) is 6. The summed E-state index contributed by atoms with van der Waals surface area (Å²) in [6, 6.07) is 9.08. The van der Waals surface area contributed by atoms with Gasteiger partial charge in [0.15, 0.2) is 11.6 Å². The molecule has 154 valence electrons. The maximum atomic E-state index is 13.6. The van der Waals surface area contributed by atoms with E-state index in [2.05, 4.69) is 15.0 Å². The minimum atomic E-state index is -0.500. The van der Waals surface area contributed by atoms with Gasteiger partial charge in [0.1, 0.15) is 17.8 Å². The van der Waals surface area contributed by atoms with Gasteiger partial charge in [-0.2, -0.15) is 0 Å². The second-order valence-electron chi connectivity index (χ2n) is 8.04. The van der Waals surface area contributed by atoms with Crippen LogP contribution in [0.3, 0.4) is 0 Å². The largest absolute Gasteiger partial charge is 0.391 e. The van der Waals surface area contributed by atoms with Crippen LogP contribution in [0.4, 0.5) is 16.0 Å². The molecule has 1 fully saturated rings. The Morgan fingerprint density at radius 3 is 2.83 bits per heavy atom. The summed E-state index contributed by atoms with van der Waals surface area (Å²) in [6.07, 6.45) is 6.43. The highest BCUT2D eigenvalue weighted by molar-refractivity contribution is 5.86. The Morgan fingerprint density at radius 2 is 1.97 bits per heavy atom. The summed E-state index contributed by atoms with van der Waals surface area (Å²) in [5.41, 5.74) is 14.1. The third-order valence-corrected chi connectivity index (χ3v) is 6.27. The fourth-order valence-corrected chi connectivity index (χ4v) is 4.63. The standard InChI is InChI=1S/C22H23FN6O/c23-16-10-14-4-2-12(9-17(14)28-21(16)25)1-3-13-5-6-18(19(13)30)29-8-7-15-20(24)26-11-27-22(15)29/h2,4,7-11,13,18-19,30H,1,3,5-6H2,(H2,25,28)(H2,24,26,27)/t13?,18?,19-/m0/s1. The fraction of sp³-hybridized carbons (Fsp3) is 0.318. The number of fused-ring (bicyclic) bond motifs is 2. The molecule has 3 aromatic heterocycles. The van der Waals surface area contributed by atoms with E-state index in [4.69, 9.17) is 11.5 Å². The van der Waals surface area contributed by atoms with Crippen LogP contribution < -0.4 is 11.5 Å². The monoisotopic (exact) mass is 406 g/mol. The molecular formula is C22H23FN6O. The summed E-state index contributed by atoms with van der Waals surface area (Å²) in [5, 5.41) is 12.5. The minimum absolute atomic E-state index is 0.0251. The summed E-state index contributed by atoms with van der Waals surface area (Å²) in [5.74, 6) is 0.0545. The number of nitrogens with zero attached hydrogens (tertiary/aromatic N) is 4. The molecule has 0 aliphatic heterocycles. The lowest BCUT2D eigenvalue weighted by Crippen LogP contribution is -2.24. The summed E-state index contributed by atoms with van der Waals surface area (Å²) in [4.78, 5) is 12.5. The quantitative estimate of drug-likeness (QED) is 0.479. The van der Waals surface area contributed by atoms with Crippen molar-refractivity contribution in [3.05, 3.63) is 54.2 Å². The van der Waals surface area contributed by atoms with Crippen LogP contribution in [0.25, 0.3) is 21.9 Å². The average Bonchev–Trinajstić information content (AvgIpc) is 3.31. The van der Waals surface area contributed by atoms with Crippen molar-refractivity contribution in [2.45, 2.75) is 37.8 Å². The molecule has 1 aliphatic rings. The van der Waals surface area contributed by atoms with Gasteiger partial charge >= 0.3 is 0 Å². The smallest absolute Gasteiger partial charge is 0.165 e. The maximum absolute atomic E-state index is 13.6. The van der Waals surface area contributed by atoms with Crippen molar-refractivity contribution < 1.29 is 9.50 Å². The van der Waals surface area contributed by atoms with Gasteiger partial charge in [-0.1, -0.05) is 12.1 Å². The molecular weight excluding hydrogens is 383 g/mol. The van der Waals surface area contributed by atoms with Gasteiger partial charge in [0.05, 0.1) is 23.0 Å². The van der Waals surface area contributed by atoms with Gasteiger partial charge in [0.25, 0.3) is 0 Å². The molecule has 5 N–H and O–H groups in total. The van der Waals surface area contributed by atoms with Crippen molar-refractivity contribution in [2.24, 2.45) is 5.92 Å². The third kappa shape index (κ3) is 3.13. The van der Waals surface area contributed by atoms with E-state index < -0.39 is 11.9 Å². The van der Waals surface area contributed by atoms with E-state index in [9.17, 15) is 9.50 Å². The molecule has 3 heterocycles. The number of halogens is 1.